The van der Waals surface area contributed by atoms with Gasteiger partial charge in [-0.1, -0.05) is 20.8 Å². The molecule has 1 fully saturated rings. The van der Waals surface area contributed by atoms with Crippen LogP contribution in [0.4, 0.5) is 0 Å². The lowest BCUT2D eigenvalue weighted by Crippen LogP contribution is -2.37. The fourth-order valence-corrected chi connectivity index (χ4v) is 13.1. The van der Waals surface area contributed by atoms with Crippen molar-refractivity contribution in [2.45, 2.75) is 43.9 Å². The predicted octanol–water partition coefficient (Wildman–Crippen LogP) is 4.35. The lowest BCUT2D eigenvalue weighted by molar-refractivity contribution is -0.116. The van der Waals surface area contributed by atoms with Gasteiger partial charge in [-0.2, -0.15) is 0 Å². The second-order valence-electron chi connectivity index (χ2n) is 4.52. The van der Waals surface area contributed by atoms with Gasteiger partial charge in [0.05, 0.1) is 3.41 Å². The van der Waals surface area contributed by atoms with Crippen LogP contribution in [0, 0.1) is 0 Å². The van der Waals surface area contributed by atoms with Gasteiger partial charge in [-0.3, -0.25) is 4.79 Å². The van der Waals surface area contributed by atoms with Crippen LogP contribution in [0.15, 0.2) is 0 Å². The van der Waals surface area contributed by atoms with E-state index < -0.39 is 10.0 Å². The second-order valence-corrected chi connectivity index (χ2v) is 12.6. The molecule has 1 aliphatic heterocycles. The quantitative estimate of drug-likeness (QED) is 0.725. The highest BCUT2D eigenvalue weighted by atomic mass is 32.3. The number of Topliss-reactive ketones (excluding diaryl/α,β-unsaturated/α-hetero) is 1. The van der Waals surface area contributed by atoms with E-state index in [2.05, 4.69) is 44.3 Å². The molecule has 0 N–H and O–H groups in total. The Kier molecular flexibility index (Phi) is 6.27. The van der Waals surface area contributed by atoms with Crippen molar-refractivity contribution in [3.63, 3.8) is 0 Å². The summed E-state index contributed by atoms with van der Waals surface area (Å²) in [4.78, 5) is 11.7. The van der Waals surface area contributed by atoms with Gasteiger partial charge in [0.25, 0.3) is 0 Å². The van der Waals surface area contributed by atoms with Gasteiger partial charge >= 0.3 is 0 Å². The number of thioether (sulfide) groups is 2. The molecule has 17 heavy (non-hydrogen) atoms. The zero-order valence-corrected chi connectivity index (χ0v) is 14.0. The number of hydrogen-bond acceptors (Lipinski definition) is 3. The Labute approximate surface area is 117 Å². The number of carbonyl (C=O) groups excluding carboxylic acids is 1. The molecule has 0 radical (unpaired) electrons. The van der Waals surface area contributed by atoms with Crippen LogP contribution in [0.2, 0.25) is 0 Å². The van der Waals surface area contributed by atoms with Crippen molar-refractivity contribution in [2.75, 3.05) is 28.8 Å². The van der Waals surface area contributed by atoms with Gasteiger partial charge in [-0.25, -0.2) is 10.0 Å². The SMILES string of the molecule is CCS(CC)(CC)C1(CC(C)=O)SCCCS1. The van der Waals surface area contributed by atoms with Gasteiger partial charge in [0.1, 0.15) is 5.78 Å². The van der Waals surface area contributed by atoms with Gasteiger partial charge in [-0.05, 0) is 42.1 Å². The Morgan fingerprint density at radius 1 is 1.12 bits per heavy atom. The Bertz CT molecular complexity index is 247. The third-order valence-electron chi connectivity index (χ3n) is 3.72. The monoisotopic (exact) mass is 294 g/mol. The summed E-state index contributed by atoms with van der Waals surface area (Å²) in [6, 6.07) is 0. The maximum atomic E-state index is 11.7. The number of hydrogen-bond donors (Lipinski definition) is 0. The van der Waals surface area contributed by atoms with Crippen LogP contribution in [-0.2, 0) is 4.79 Å². The van der Waals surface area contributed by atoms with Crippen LogP contribution >= 0.6 is 33.6 Å². The fourth-order valence-electron chi connectivity index (χ4n) is 2.64. The van der Waals surface area contributed by atoms with Crippen LogP contribution < -0.4 is 0 Å². The lowest BCUT2D eigenvalue weighted by Gasteiger charge is -2.55. The lowest BCUT2D eigenvalue weighted by atomic mass is 10.3. The van der Waals surface area contributed by atoms with Crippen LogP contribution in [0.5, 0.6) is 0 Å². The molecule has 102 valence electrons. The van der Waals surface area contributed by atoms with Crippen LogP contribution in [0.3, 0.4) is 0 Å². The molecule has 0 aromatic rings. The maximum absolute atomic E-state index is 11.7. The Hall–Kier alpha value is 0.720. The van der Waals surface area contributed by atoms with E-state index in [0.29, 0.717) is 5.78 Å². The summed E-state index contributed by atoms with van der Waals surface area (Å²) in [6.07, 6.45) is 2.09. The summed E-state index contributed by atoms with van der Waals surface area (Å²) >= 11 is 4.20. The van der Waals surface area contributed by atoms with Crippen molar-refractivity contribution in [3.05, 3.63) is 0 Å². The summed E-state index contributed by atoms with van der Waals surface area (Å²) < 4.78 is 0.231. The zero-order chi connectivity index (χ0) is 12.9. The first-order valence-electron chi connectivity index (χ1n) is 6.59. The average molecular weight is 295 g/mol. The molecule has 0 aromatic heterocycles. The number of carbonyl (C=O) groups is 1. The first-order valence-corrected chi connectivity index (χ1v) is 10.7. The summed E-state index contributed by atoms with van der Waals surface area (Å²) in [5, 5.41) is 0. The van der Waals surface area contributed by atoms with Crippen LogP contribution in [-0.4, -0.2) is 38.0 Å². The summed E-state index contributed by atoms with van der Waals surface area (Å²) in [5.74, 6) is 6.68. The molecule has 1 heterocycles. The molecule has 1 rings (SSSR count). The minimum Gasteiger partial charge on any atom is -0.300 e. The largest absolute Gasteiger partial charge is 0.300 e. The maximum Gasteiger partial charge on any atom is 0.132 e. The first kappa shape index (κ1) is 15.8. The molecule has 1 nitrogen and oxygen atoms in total. The Morgan fingerprint density at radius 2 is 1.59 bits per heavy atom. The van der Waals surface area contributed by atoms with Crippen molar-refractivity contribution >= 4 is 39.3 Å². The van der Waals surface area contributed by atoms with E-state index in [1.165, 1.54) is 35.2 Å². The molecular formula is C13H26OS3. The summed E-state index contributed by atoms with van der Waals surface area (Å²) in [7, 11) is -0.664. The third-order valence-corrected chi connectivity index (χ3v) is 14.2. The first-order chi connectivity index (χ1) is 8.06. The minimum atomic E-state index is -0.664. The minimum absolute atomic E-state index is 0.231. The predicted molar refractivity (Wildman–Crippen MR) is 86.8 cm³/mol. The van der Waals surface area contributed by atoms with Crippen LogP contribution in [0.25, 0.3) is 0 Å². The topological polar surface area (TPSA) is 17.1 Å². The van der Waals surface area contributed by atoms with Gasteiger partial charge in [0, 0.05) is 6.42 Å². The van der Waals surface area contributed by atoms with Crippen molar-refractivity contribution in [3.8, 4) is 0 Å². The van der Waals surface area contributed by atoms with Gasteiger partial charge in [-0.15, -0.1) is 23.5 Å². The molecule has 0 spiro atoms. The van der Waals surface area contributed by atoms with Crippen molar-refractivity contribution < 1.29 is 4.79 Å². The van der Waals surface area contributed by atoms with E-state index in [1.807, 2.05) is 0 Å². The molecule has 0 bridgehead atoms. The number of rotatable bonds is 6. The number of ketones is 1. The molecule has 0 aliphatic carbocycles. The van der Waals surface area contributed by atoms with E-state index in [0.717, 1.165) is 6.42 Å². The summed E-state index contributed by atoms with van der Waals surface area (Å²) in [6.45, 7) is 8.77. The molecule has 4 heteroatoms. The smallest absolute Gasteiger partial charge is 0.132 e. The van der Waals surface area contributed by atoms with E-state index in [-0.39, 0.29) is 3.41 Å². The molecule has 0 saturated carbocycles. The average Bonchev–Trinajstić information content (AvgIpc) is 2.32. The van der Waals surface area contributed by atoms with Crippen LogP contribution in [0.1, 0.15) is 40.5 Å². The van der Waals surface area contributed by atoms with Crippen molar-refractivity contribution in [2.24, 2.45) is 0 Å². The molecule has 0 aromatic carbocycles. The fraction of sp³-hybridized carbons (Fsp3) is 0.923. The molecule has 0 amide bonds. The molecule has 0 atom stereocenters. The second kappa shape index (κ2) is 6.76. The van der Waals surface area contributed by atoms with E-state index in [9.17, 15) is 4.79 Å². The van der Waals surface area contributed by atoms with Crippen molar-refractivity contribution in [1.82, 2.24) is 0 Å². The van der Waals surface area contributed by atoms with Gasteiger partial charge < -0.3 is 0 Å². The van der Waals surface area contributed by atoms with Crippen molar-refractivity contribution in [1.29, 1.82) is 0 Å². The normalized spacial score (nSPS) is 21.2. The molecular weight excluding hydrogens is 268 g/mol. The molecule has 0 unspecified atom stereocenters. The summed E-state index contributed by atoms with van der Waals surface area (Å²) in [5.41, 5.74) is 0. The molecule has 1 aliphatic rings. The Morgan fingerprint density at radius 3 is 1.94 bits per heavy atom. The highest BCUT2D eigenvalue weighted by molar-refractivity contribution is 8.49. The highest BCUT2D eigenvalue weighted by Crippen LogP contribution is 2.71. The van der Waals surface area contributed by atoms with E-state index >= 15 is 0 Å². The standard InChI is InChI=1S/C13H26OS3/c1-5-17(6-2,7-3)13(11-12(4)14)15-9-8-10-16-13/h5-11H2,1-4H3. The third kappa shape index (κ3) is 3.19. The Balaban J connectivity index is 3.05. The van der Waals surface area contributed by atoms with E-state index in [1.54, 1.807) is 6.92 Å². The van der Waals surface area contributed by atoms with Gasteiger partial charge in [0.2, 0.25) is 0 Å². The molecule has 1 saturated heterocycles. The highest BCUT2D eigenvalue weighted by Gasteiger charge is 2.47. The zero-order valence-electron chi connectivity index (χ0n) is 11.6. The van der Waals surface area contributed by atoms with Gasteiger partial charge in [0.15, 0.2) is 0 Å². The van der Waals surface area contributed by atoms with E-state index in [4.69, 9.17) is 0 Å².